The van der Waals surface area contributed by atoms with E-state index >= 15 is 0 Å². The highest BCUT2D eigenvalue weighted by Crippen LogP contribution is 2.41. The third-order valence-corrected chi connectivity index (χ3v) is 5.30. The van der Waals surface area contributed by atoms with Crippen molar-refractivity contribution < 1.29 is 28.8 Å². The molecule has 8 heteroatoms. The minimum atomic E-state index is -1.05. The lowest BCUT2D eigenvalue weighted by atomic mass is 9.93. The quantitative estimate of drug-likeness (QED) is 0.369. The van der Waals surface area contributed by atoms with Gasteiger partial charge < -0.3 is 24.1 Å². The van der Waals surface area contributed by atoms with Crippen molar-refractivity contribution in [3.63, 3.8) is 0 Å². The molecule has 0 atom stereocenters. The Morgan fingerprint density at radius 2 is 1.52 bits per heavy atom. The van der Waals surface area contributed by atoms with Crippen LogP contribution in [0.2, 0.25) is 0 Å². The van der Waals surface area contributed by atoms with Crippen molar-refractivity contribution in [3.05, 3.63) is 41.6 Å². The first-order valence-corrected chi connectivity index (χ1v) is 10.1. The Hall–Kier alpha value is -2.75. The van der Waals surface area contributed by atoms with E-state index < -0.39 is 5.97 Å². The molecule has 0 aliphatic heterocycles. The lowest BCUT2D eigenvalue weighted by Gasteiger charge is -2.17. The molecule has 1 aromatic heterocycles. The van der Waals surface area contributed by atoms with E-state index in [1.165, 1.54) is 14.2 Å². The lowest BCUT2D eigenvalue weighted by molar-refractivity contribution is 0.0696. The van der Waals surface area contributed by atoms with Crippen molar-refractivity contribution in [2.75, 3.05) is 28.4 Å². The molecule has 7 nitrogen and oxygen atoms in total. The summed E-state index contributed by atoms with van der Waals surface area (Å²) in [5.41, 5.74) is 2.44. The zero-order valence-electron chi connectivity index (χ0n) is 16.4. The van der Waals surface area contributed by atoms with Gasteiger partial charge in [0.05, 0.1) is 45.2 Å². The molecule has 3 aromatic rings. The van der Waals surface area contributed by atoms with Crippen LogP contribution in [0.3, 0.4) is 0 Å². The van der Waals surface area contributed by atoms with Crippen LogP contribution in [0, 0.1) is 0 Å². The number of carbonyl (C=O) groups is 1. The number of rotatable bonds is 7. The van der Waals surface area contributed by atoms with Gasteiger partial charge in [-0.2, -0.15) is 0 Å². The van der Waals surface area contributed by atoms with Gasteiger partial charge in [0, 0.05) is 21.4 Å². The van der Waals surface area contributed by atoms with Gasteiger partial charge in [0.1, 0.15) is 0 Å². The summed E-state index contributed by atoms with van der Waals surface area (Å²) in [5.74, 6) is 1.02. The maximum absolute atomic E-state index is 12.2. The fourth-order valence-corrected chi connectivity index (χ4v) is 3.81. The van der Waals surface area contributed by atoms with Crippen LogP contribution in [0.1, 0.15) is 16.1 Å². The summed E-state index contributed by atoms with van der Waals surface area (Å²) in [6.07, 6.45) is 0. The average Bonchev–Trinajstić information content (AvgIpc) is 2.75. The molecule has 3 rings (SSSR count). The first kappa shape index (κ1) is 21.0. The third-order valence-electron chi connectivity index (χ3n) is 4.58. The van der Waals surface area contributed by atoms with Gasteiger partial charge in [-0.3, -0.25) is 4.98 Å². The van der Waals surface area contributed by atoms with Gasteiger partial charge in [0.2, 0.25) is 0 Å². The van der Waals surface area contributed by atoms with Crippen LogP contribution >= 0.6 is 22.6 Å². The number of pyridine rings is 1. The van der Waals surface area contributed by atoms with Crippen molar-refractivity contribution in [2.24, 2.45) is 0 Å². The van der Waals surface area contributed by atoms with Crippen LogP contribution in [-0.4, -0.2) is 44.5 Å². The van der Waals surface area contributed by atoms with E-state index in [1.54, 1.807) is 44.6 Å². The predicted octanol–water partition coefficient (Wildman–Crippen LogP) is 4.57. The summed E-state index contributed by atoms with van der Waals surface area (Å²) in [7, 11) is 6.16. The summed E-state index contributed by atoms with van der Waals surface area (Å²) in [4.78, 5) is 16.8. The number of fused-ring (bicyclic) bond motifs is 1. The average molecular weight is 509 g/mol. The highest BCUT2D eigenvalue weighted by molar-refractivity contribution is 14.1. The van der Waals surface area contributed by atoms with Crippen molar-refractivity contribution in [1.29, 1.82) is 0 Å². The number of halogens is 1. The van der Waals surface area contributed by atoms with Gasteiger partial charge >= 0.3 is 5.97 Å². The number of methoxy groups -OCH3 is 4. The SMILES string of the molecule is COc1ccc(-c2c(C(=O)O)c(CI)nc3cc(OC)c(OC)cc23)cc1OC. The summed E-state index contributed by atoms with van der Waals surface area (Å²) in [5, 5.41) is 10.6. The van der Waals surface area contributed by atoms with Crippen molar-refractivity contribution in [1.82, 2.24) is 4.98 Å². The van der Waals surface area contributed by atoms with Gasteiger partial charge in [-0.1, -0.05) is 28.7 Å². The van der Waals surface area contributed by atoms with Crippen LogP contribution in [0.15, 0.2) is 30.3 Å². The van der Waals surface area contributed by atoms with Gasteiger partial charge in [-0.15, -0.1) is 0 Å². The molecule has 2 aromatic carbocycles. The largest absolute Gasteiger partial charge is 0.493 e. The molecule has 0 unspecified atom stereocenters. The molecular weight excluding hydrogens is 489 g/mol. The van der Waals surface area contributed by atoms with Gasteiger partial charge in [-0.05, 0) is 23.8 Å². The van der Waals surface area contributed by atoms with E-state index in [9.17, 15) is 9.90 Å². The second-order valence-electron chi connectivity index (χ2n) is 6.04. The Balaban J connectivity index is 2.47. The molecule has 152 valence electrons. The van der Waals surface area contributed by atoms with Crippen molar-refractivity contribution in [2.45, 2.75) is 4.43 Å². The number of aromatic nitrogens is 1. The van der Waals surface area contributed by atoms with Crippen LogP contribution in [0.5, 0.6) is 23.0 Å². The van der Waals surface area contributed by atoms with E-state index in [0.717, 1.165) is 0 Å². The van der Waals surface area contributed by atoms with Crippen molar-refractivity contribution >= 4 is 39.5 Å². The number of carboxylic acid groups (broad SMARTS) is 1. The molecule has 0 bridgehead atoms. The Bertz CT molecular complexity index is 1080. The highest BCUT2D eigenvalue weighted by Gasteiger charge is 2.23. The summed E-state index contributed by atoms with van der Waals surface area (Å²) < 4.78 is 22.0. The van der Waals surface area contributed by atoms with Gasteiger partial charge in [0.15, 0.2) is 23.0 Å². The summed E-state index contributed by atoms with van der Waals surface area (Å²) in [6.45, 7) is 0. The topological polar surface area (TPSA) is 87.1 Å². The van der Waals surface area contributed by atoms with Crippen LogP contribution in [-0.2, 0) is 4.43 Å². The zero-order valence-corrected chi connectivity index (χ0v) is 18.6. The van der Waals surface area contributed by atoms with Crippen LogP contribution in [0.25, 0.3) is 22.0 Å². The molecule has 0 aliphatic carbocycles. The number of aromatic carboxylic acids is 1. The maximum atomic E-state index is 12.2. The normalized spacial score (nSPS) is 10.7. The minimum absolute atomic E-state index is 0.145. The molecule has 0 saturated heterocycles. The molecular formula is C21H20INO6. The number of benzene rings is 2. The molecule has 1 heterocycles. The Morgan fingerprint density at radius 1 is 0.931 bits per heavy atom. The van der Waals surface area contributed by atoms with Crippen LogP contribution in [0.4, 0.5) is 0 Å². The monoisotopic (exact) mass is 509 g/mol. The first-order valence-electron chi connectivity index (χ1n) is 8.59. The molecule has 0 spiro atoms. The molecule has 1 N–H and O–H groups in total. The molecule has 0 aliphatic rings. The summed E-state index contributed by atoms with van der Waals surface area (Å²) >= 11 is 2.11. The zero-order chi connectivity index (χ0) is 21.1. The molecule has 0 fully saturated rings. The van der Waals surface area contributed by atoms with Crippen LogP contribution < -0.4 is 18.9 Å². The van der Waals surface area contributed by atoms with Crippen molar-refractivity contribution in [3.8, 4) is 34.1 Å². The Labute approximate surface area is 181 Å². The lowest BCUT2D eigenvalue weighted by Crippen LogP contribution is -2.08. The van der Waals surface area contributed by atoms with E-state index in [4.69, 9.17) is 18.9 Å². The number of hydrogen-bond acceptors (Lipinski definition) is 6. The number of carboxylic acids is 1. The fraction of sp³-hybridized carbons (Fsp3) is 0.238. The number of ether oxygens (including phenoxy) is 4. The van der Waals surface area contributed by atoms with Gasteiger partial charge in [0.25, 0.3) is 0 Å². The molecule has 29 heavy (non-hydrogen) atoms. The van der Waals surface area contributed by atoms with E-state index in [0.29, 0.717) is 55.1 Å². The predicted molar refractivity (Wildman–Crippen MR) is 118 cm³/mol. The summed E-state index contributed by atoms with van der Waals surface area (Å²) in [6, 6.07) is 8.80. The Kier molecular flexibility index (Phi) is 6.31. The second-order valence-corrected chi connectivity index (χ2v) is 6.80. The molecule has 0 amide bonds. The number of alkyl halides is 1. The van der Waals surface area contributed by atoms with Gasteiger partial charge in [-0.25, -0.2) is 4.79 Å². The Morgan fingerprint density at radius 3 is 2.07 bits per heavy atom. The molecule has 0 saturated carbocycles. The van der Waals surface area contributed by atoms with E-state index in [1.807, 2.05) is 0 Å². The third kappa shape index (κ3) is 3.76. The van der Waals surface area contributed by atoms with E-state index in [-0.39, 0.29) is 5.56 Å². The first-order chi connectivity index (χ1) is 14.0. The maximum Gasteiger partial charge on any atom is 0.338 e. The minimum Gasteiger partial charge on any atom is -0.493 e. The second kappa shape index (κ2) is 8.73. The highest BCUT2D eigenvalue weighted by atomic mass is 127. The van der Waals surface area contributed by atoms with E-state index in [2.05, 4.69) is 27.6 Å². The standard InChI is InChI=1S/C21H20INO6/c1-26-15-6-5-11(7-16(15)27-2)19-12-8-17(28-3)18(29-4)9-13(12)23-14(10-22)20(19)21(24)25/h5-9H,10H2,1-4H3,(H,24,25). The fourth-order valence-electron chi connectivity index (χ4n) is 3.26. The number of hydrogen-bond donors (Lipinski definition) is 1. The molecule has 0 radical (unpaired) electrons. The smallest absolute Gasteiger partial charge is 0.338 e. The number of nitrogens with zero attached hydrogens (tertiary/aromatic N) is 1.